The fourth-order valence-corrected chi connectivity index (χ4v) is 2.57. The number of Topliss-reactive ketones (excluding diaryl/α,β-unsaturated/α-hetero) is 1. The number of alkyl carbamates (subject to hydrolysis) is 1. The Morgan fingerprint density at radius 2 is 1.96 bits per heavy atom. The van der Waals surface area contributed by atoms with Gasteiger partial charge in [0, 0.05) is 17.5 Å². The van der Waals surface area contributed by atoms with E-state index in [2.05, 4.69) is 10.1 Å². The number of nitrogens with one attached hydrogen (secondary N) is 1. The Bertz CT molecular complexity index is 764. The molecule has 0 bridgehead atoms. The minimum atomic E-state index is -1.01. The SMILES string of the molecule is COC(=O)C(CCC(=O)c1ccc2c(c1)COC2=O)NC(=O)OC(C)(C)C. The van der Waals surface area contributed by atoms with Crippen LogP contribution >= 0.6 is 0 Å². The number of cyclic esters (lactones) is 1. The number of ketones is 1. The van der Waals surface area contributed by atoms with Crippen LogP contribution in [0, 0.1) is 0 Å². The summed E-state index contributed by atoms with van der Waals surface area (Å²) in [5.41, 5.74) is 0.797. The van der Waals surface area contributed by atoms with Crippen molar-refractivity contribution in [1.29, 1.82) is 0 Å². The topological polar surface area (TPSA) is 108 Å². The molecule has 1 N–H and O–H groups in total. The highest BCUT2D eigenvalue weighted by Gasteiger charge is 2.26. The normalized spacial score (nSPS) is 14.0. The van der Waals surface area contributed by atoms with Gasteiger partial charge in [0.15, 0.2) is 5.78 Å². The van der Waals surface area contributed by atoms with E-state index in [0.717, 1.165) is 0 Å². The van der Waals surface area contributed by atoms with Crippen molar-refractivity contribution in [2.75, 3.05) is 7.11 Å². The van der Waals surface area contributed by atoms with E-state index in [9.17, 15) is 19.2 Å². The number of fused-ring (bicyclic) bond motifs is 1. The van der Waals surface area contributed by atoms with Gasteiger partial charge in [-0.1, -0.05) is 6.07 Å². The van der Waals surface area contributed by atoms with Crippen LogP contribution in [0.3, 0.4) is 0 Å². The molecule has 0 saturated carbocycles. The van der Waals surface area contributed by atoms with Crippen molar-refractivity contribution in [2.45, 2.75) is 51.9 Å². The predicted molar refractivity (Wildman–Crippen MR) is 94.3 cm³/mol. The van der Waals surface area contributed by atoms with E-state index in [1.165, 1.54) is 7.11 Å². The molecule has 1 aromatic rings. The molecule has 1 amide bonds. The van der Waals surface area contributed by atoms with Crippen LogP contribution in [0.15, 0.2) is 18.2 Å². The first-order chi connectivity index (χ1) is 12.6. The van der Waals surface area contributed by atoms with Crippen LogP contribution in [0.5, 0.6) is 0 Å². The van der Waals surface area contributed by atoms with Crippen LogP contribution in [0.2, 0.25) is 0 Å². The number of esters is 2. The Labute approximate surface area is 157 Å². The lowest BCUT2D eigenvalue weighted by Gasteiger charge is -2.22. The smallest absolute Gasteiger partial charge is 0.408 e. The van der Waals surface area contributed by atoms with Gasteiger partial charge in [-0.25, -0.2) is 14.4 Å². The third kappa shape index (κ3) is 5.54. The Morgan fingerprint density at radius 1 is 1.26 bits per heavy atom. The van der Waals surface area contributed by atoms with Crippen molar-refractivity contribution >= 4 is 23.8 Å². The largest absolute Gasteiger partial charge is 0.467 e. The van der Waals surface area contributed by atoms with Gasteiger partial charge in [-0.05, 0) is 39.3 Å². The molecule has 1 atom stereocenters. The highest BCUT2D eigenvalue weighted by molar-refractivity contribution is 5.99. The van der Waals surface area contributed by atoms with Gasteiger partial charge in [0.25, 0.3) is 0 Å². The first-order valence-electron chi connectivity index (χ1n) is 8.51. The molecule has 1 heterocycles. The van der Waals surface area contributed by atoms with E-state index >= 15 is 0 Å². The van der Waals surface area contributed by atoms with Crippen molar-refractivity contribution in [1.82, 2.24) is 5.32 Å². The van der Waals surface area contributed by atoms with Crippen LogP contribution in [0.4, 0.5) is 4.79 Å². The van der Waals surface area contributed by atoms with E-state index in [1.54, 1.807) is 39.0 Å². The molecule has 146 valence electrons. The Hall–Kier alpha value is -2.90. The third-order valence-corrected chi connectivity index (χ3v) is 3.84. The molecule has 0 aromatic heterocycles. The van der Waals surface area contributed by atoms with Crippen molar-refractivity contribution < 1.29 is 33.4 Å². The molecule has 0 saturated heterocycles. The molecule has 27 heavy (non-hydrogen) atoms. The number of carbonyl (C=O) groups is 4. The van der Waals surface area contributed by atoms with E-state index in [1.807, 2.05) is 0 Å². The van der Waals surface area contributed by atoms with Gasteiger partial charge in [-0.15, -0.1) is 0 Å². The lowest BCUT2D eigenvalue weighted by Crippen LogP contribution is -2.44. The average Bonchev–Trinajstić information content (AvgIpc) is 2.96. The summed E-state index contributed by atoms with van der Waals surface area (Å²) < 4.78 is 14.7. The number of benzene rings is 1. The lowest BCUT2D eigenvalue weighted by molar-refractivity contribution is -0.143. The molecule has 1 aromatic carbocycles. The standard InChI is InChI=1S/C19H23NO7/c1-19(2,3)27-18(24)20-14(17(23)25-4)7-8-15(21)11-5-6-13-12(9-11)10-26-16(13)22/h5-6,9,14H,7-8,10H2,1-4H3,(H,20,24). The fourth-order valence-electron chi connectivity index (χ4n) is 2.57. The molecule has 0 spiro atoms. The average molecular weight is 377 g/mol. The maximum atomic E-state index is 12.4. The van der Waals surface area contributed by atoms with Gasteiger partial charge >= 0.3 is 18.0 Å². The number of amides is 1. The van der Waals surface area contributed by atoms with Gasteiger partial charge in [0.05, 0.1) is 12.7 Å². The summed E-state index contributed by atoms with van der Waals surface area (Å²) in [6.07, 6.45) is -0.709. The number of methoxy groups -OCH3 is 1. The molecule has 0 aliphatic carbocycles. The molecule has 0 fully saturated rings. The van der Waals surface area contributed by atoms with Gasteiger partial charge in [-0.2, -0.15) is 0 Å². The predicted octanol–water partition coefficient (Wildman–Crippen LogP) is 2.39. The summed E-state index contributed by atoms with van der Waals surface area (Å²) >= 11 is 0. The molecule has 1 aliphatic rings. The molecule has 8 nitrogen and oxygen atoms in total. The number of ether oxygens (including phenoxy) is 3. The molecular formula is C19H23NO7. The van der Waals surface area contributed by atoms with Gasteiger partial charge < -0.3 is 19.5 Å². The maximum Gasteiger partial charge on any atom is 0.408 e. The van der Waals surface area contributed by atoms with Crippen LogP contribution in [-0.2, 0) is 25.6 Å². The minimum absolute atomic E-state index is 0.00313. The summed E-state index contributed by atoms with van der Waals surface area (Å²) in [7, 11) is 1.20. The second-order valence-electron chi connectivity index (χ2n) is 7.13. The molecule has 0 radical (unpaired) electrons. The summed E-state index contributed by atoms with van der Waals surface area (Å²) in [5.74, 6) is -1.30. The zero-order valence-electron chi connectivity index (χ0n) is 15.8. The van der Waals surface area contributed by atoms with Crippen molar-refractivity contribution in [3.8, 4) is 0 Å². The van der Waals surface area contributed by atoms with E-state index in [-0.39, 0.29) is 25.2 Å². The monoisotopic (exact) mass is 377 g/mol. The third-order valence-electron chi connectivity index (χ3n) is 3.84. The van der Waals surface area contributed by atoms with Crippen LogP contribution in [-0.4, -0.2) is 42.6 Å². The lowest BCUT2D eigenvalue weighted by atomic mass is 9.99. The van der Waals surface area contributed by atoms with Crippen molar-refractivity contribution in [3.05, 3.63) is 34.9 Å². The van der Waals surface area contributed by atoms with Crippen LogP contribution in [0.1, 0.15) is 59.9 Å². The van der Waals surface area contributed by atoms with Crippen molar-refractivity contribution in [3.63, 3.8) is 0 Å². The molecular weight excluding hydrogens is 354 g/mol. The summed E-state index contributed by atoms with van der Waals surface area (Å²) in [5, 5.41) is 2.43. The van der Waals surface area contributed by atoms with Gasteiger partial charge in [0.1, 0.15) is 18.2 Å². The second kappa shape index (κ2) is 8.20. The Balaban J connectivity index is 2.00. The van der Waals surface area contributed by atoms with Crippen molar-refractivity contribution in [2.24, 2.45) is 0 Å². The zero-order chi connectivity index (χ0) is 20.2. The number of rotatable bonds is 6. The maximum absolute atomic E-state index is 12.4. The van der Waals surface area contributed by atoms with Crippen LogP contribution in [0.25, 0.3) is 0 Å². The van der Waals surface area contributed by atoms with E-state index in [0.29, 0.717) is 16.7 Å². The quantitative estimate of drug-likeness (QED) is 0.461. The summed E-state index contributed by atoms with van der Waals surface area (Å²) in [6, 6.07) is 3.70. The minimum Gasteiger partial charge on any atom is -0.467 e. The fraction of sp³-hybridized carbons (Fsp3) is 0.474. The van der Waals surface area contributed by atoms with Crippen LogP contribution < -0.4 is 5.32 Å². The molecule has 2 rings (SSSR count). The van der Waals surface area contributed by atoms with E-state index < -0.39 is 29.7 Å². The number of hydrogen-bond acceptors (Lipinski definition) is 7. The molecule has 8 heteroatoms. The molecule has 1 aliphatic heterocycles. The Kier molecular flexibility index (Phi) is 6.20. The first kappa shape index (κ1) is 20.4. The first-order valence-corrected chi connectivity index (χ1v) is 8.51. The summed E-state index contributed by atoms with van der Waals surface area (Å²) in [6.45, 7) is 5.24. The molecule has 1 unspecified atom stereocenters. The Morgan fingerprint density at radius 3 is 2.59 bits per heavy atom. The second-order valence-corrected chi connectivity index (χ2v) is 7.13. The zero-order valence-corrected chi connectivity index (χ0v) is 15.8. The summed E-state index contributed by atoms with van der Waals surface area (Å²) in [4.78, 5) is 47.7. The number of carbonyl (C=O) groups excluding carboxylic acids is 4. The number of hydrogen-bond donors (Lipinski definition) is 1. The highest BCUT2D eigenvalue weighted by Crippen LogP contribution is 2.22. The van der Waals surface area contributed by atoms with Gasteiger partial charge in [-0.3, -0.25) is 4.79 Å². The highest BCUT2D eigenvalue weighted by atomic mass is 16.6. The van der Waals surface area contributed by atoms with Gasteiger partial charge in [0.2, 0.25) is 0 Å². The van der Waals surface area contributed by atoms with E-state index in [4.69, 9.17) is 9.47 Å².